The first-order valence-electron chi connectivity index (χ1n) is 5.42. The molecule has 3 N–H and O–H groups in total. The second-order valence-corrected chi connectivity index (χ2v) is 3.70. The summed E-state index contributed by atoms with van der Waals surface area (Å²) in [6, 6.07) is 1.53. The highest BCUT2D eigenvalue weighted by molar-refractivity contribution is 5.49. The smallest absolute Gasteiger partial charge is 0.219 e. The molecule has 0 amide bonds. The molecule has 0 saturated carbocycles. The van der Waals surface area contributed by atoms with Gasteiger partial charge in [-0.3, -0.25) is 5.84 Å². The van der Waals surface area contributed by atoms with Crippen LogP contribution in [0.2, 0.25) is 0 Å². The fourth-order valence-corrected chi connectivity index (χ4v) is 1.24. The van der Waals surface area contributed by atoms with E-state index in [1.807, 2.05) is 0 Å². The fraction of sp³-hybridized carbons (Fsp3) is 0.154. The van der Waals surface area contributed by atoms with Crippen LogP contribution in [0.1, 0.15) is 5.56 Å². The van der Waals surface area contributed by atoms with Crippen molar-refractivity contribution in [3.05, 3.63) is 54.7 Å². The summed E-state index contributed by atoms with van der Waals surface area (Å²) in [5.41, 5.74) is 3.79. The first kappa shape index (κ1) is 14.8. The van der Waals surface area contributed by atoms with Crippen LogP contribution in [0.25, 0.3) is 0 Å². The van der Waals surface area contributed by atoms with Crippen molar-refractivity contribution in [1.29, 1.82) is 0 Å². The lowest BCUT2D eigenvalue weighted by Crippen LogP contribution is -2.09. The number of halogens is 2. The molecular weight excluding hydrogens is 252 g/mol. The van der Waals surface area contributed by atoms with E-state index in [0.29, 0.717) is 5.69 Å². The molecule has 1 heterocycles. The van der Waals surface area contributed by atoms with Crippen molar-refractivity contribution in [2.75, 3.05) is 5.43 Å². The molecule has 1 rings (SSSR count). The molecule has 4 nitrogen and oxygen atoms in total. The van der Waals surface area contributed by atoms with Crippen LogP contribution in [0.3, 0.4) is 0 Å². The Hall–Kier alpha value is -2.21. The Balaban J connectivity index is 2.97. The van der Waals surface area contributed by atoms with Gasteiger partial charge in [0, 0.05) is 6.07 Å². The zero-order valence-corrected chi connectivity index (χ0v) is 10.5. The van der Waals surface area contributed by atoms with Crippen LogP contribution < -0.4 is 16.0 Å². The van der Waals surface area contributed by atoms with Gasteiger partial charge in [0.2, 0.25) is 5.88 Å². The molecule has 0 aliphatic carbocycles. The van der Waals surface area contributed by atoms with Crippen molar-refractivity contribution < 1.29 is 13.5 Å². The predicted molar refractivity (Wildman–Crippen MR) is 70.8 cm³/mol. The molecule has 0 aliphatic heterocycles. The van der Waals surface area contributed by atoms with Crippen LogP contribution in [0, 0.1) is 6.92 Å². The topological polar surface area (TPSA) is 60.2 Å². The number of rotatable bonds is 6. The van der Waals surface area contributed by atoms with Gasteiger partial charge >= 0.3 is 0 Å². The second kappa shape index (κ2) is 6.65. The van der Waals surface area contributed by atoms with E-state index in [-0.39, 0.29) is 11.6 Å². The number of aryl methyl sites for hydroxylation is 1. The molecule has 1 aromatic heterocycles. The van der Waals surface area contributed by atoms with Crippen LogP contribution >= 0.6 is 0 Å². The third kappa shape index (κ3) is 4.18. The maximum absolute atomic E-state index is 13.1. The molecule has 0 saturated heterocycles. The van der Waals surface area contributed by atoms with Crippen molar-refractivity contribution in [1.82, 2.24) is 4.98 Å². The molecule has 1 aromatic rings. The number of ether oxygens (including phenoxy) is 1. The summed E-state index contributed by atoms with van der Waals surface area (Å²) in [6.07, 6.45) is 1.81. The SMILES string of the molecule is C=CC(F)C=C(Oc1cc(C)c(NN)cn1)C(=C)F. The zero-order chi connectivity index (χ0) is 14.4. The second-order valence-electron chi connectivity index (χ2n) is 3.70. The van der Waals surface area contributed by atoms with Crippen molar-refractivity contribution in [2.24, 2.45) is 5.84 Å². The third-order valence-corrected chi connectivity index (χ3v) is 2.26. The number of nitrogens with zero attached hydrogens (tertiary/aromatic N) is 1. The zero-order valence-electron chi connectivity index (χ0n) is 10.5. The summed E-state index contributed by atoms with van der Waals surface area (Å²) in [5, 5.41) is 0. The summed E-state index contributed by atoms with van der Waals surface area (Å²) in [5.74, 6) is 4.13. The summed E-state index contributed by atoms with van der Waals surface area (Å²) in [7, 11) is 0. The number of pyridine rings is 1. The first-order chi connectivity index (χ1) is 8.97. The van der Waals surface area contributed by atoms with E-state index in [1.165, 1.54) is 12.3 Å². The lowest BCUT2D eigenvalue weighted by molar-refractivity contribution is 0.375. The Morgan fingerprint density at radius 2 is 2.32 bits per heavy atom. The monoisotopic (exact) mass is 267 g/mol. The van der Waals surface area contributed by atoms with Gasteiger partial charge in [-0.2, -0.15) is 0 Å². The Labute approximate surface area is 110 Å². The van der Waals surface area contributed by atoms with Crippen molar-refractivity contribution in [3.8, 4) is 5.88 Å². The van der Waals surface area contributed by atoms with Crippen LogP contribution in [0.4, 0.5) is 14.5 Å². The maximum atomic E-state index is 13.1. The van der Waals surface area contributed by atoms with Gasteiger partial charge in [-0.15, -0.1) is 0 Å². The Bertz CT molecular complexity index is 515. The Kier molecular flexibility index (Phi) is 5.20. The number of aromatic nitrogens is 1. The van der Waals surface area contributed by atoms with Gasteiger partial charge in [0.1, 0.15) is 6.17 Å². The highest BCUT2D eigenvalue weighted by Crippen LogP contribution is 2.21. The number of anilines is 1. The lowest BCUT2D eigenvalue weighted by atomic mass is 10.2. The summed E-state index contributed by atoms with van der Waals surface area (Å²) in [6.45, 7) is 8.09. The molecule has 102 valence electrons. The van der Waals surface area contributed by atoms with Gasteiger partial charge in [0.25, 0.3) is 0 Å². The third-order valence-electron chi connectivity index (χ3n) is 2.26. The minimum absolute atomic E-state index is 0.109. The lowest BCUT2D eigenvalue weighted by Gasteiger charge is -2.10. The molecule has 1 unspecified atom stereocenters. The van der Waals surface area contributed by atoms with E-state index >= 15 is 0 Å². The van der Waals surface area contributed by atoms with Gasteiger partial charge in [0.15, 0.2) is 11.6 Å². The fourth-order valence-electron chi connectivity index (χ4n) is 1.24. The first-order valence-corrected chi connectivity index (χ1v) is 5.42. The normalized spacial score (nSPS) is 12.7. The standard InChI is InChI=1S/C13H15F2N3O/c1-4-10(15)6-12(9(3)14)19-13-5-8(2)11(18-16)7-17-13/h4-7,10,18H,1,3,16H2,2H3. The number of nitrogens with two attached hydrogens (primary N) is 1. The predicted octanol–water partition coefficient (Wildman–Crippen LogP) is 2.95. The van der Waals surface area contributed by atoms with E-state index < -0.39 is 12.0 Å². The van der Waals surface area contributed by atoms with E-state index in [2.05, 4.69) is 23.6 Å². The largest absolute Gasteiger partial charge is 0.436 e. The number of nitrogens with one attached hydrogen (secondary N) is 1. The minimum Gasteiger partial charge on any atom is -0.436 e. The number of hydrogen-bond donors (Lipinski definition) is 2. The number of hydrogen-bond acceptors (Lipinski definition) is 4. The summed E-state index contributed by atoms with van der Waals surface area (Å²) < 4.78 is 31.4. The van der Waals surface area contributed by atoms with Crippen LogP contribution in [-0.2, 0) is 0 Å². The van der Waals surface area contributed by atoms with Gasteiger partial charge < -0.3 is 10.2 Å². The molecule has 0 aromatic carbocycles. The molecule has 6 heteroatoms. The van der Waals surface area contributed by atoms with Crippen molar-refractivity contribution in [2.45, 2.75) is 13.1 Å². The van der Waals surface area contributed by atoms with Crippen molar-refractivity contribution >= 4 is 5.69 Å². The van der Waals surface area contributed by atoms with Crippen LogP contribution in [-0.4, -0.2) is 11.2 Å². The molecule has 1 atom stereocenters. The summed E-state index contributed by atoms with van der Waals surface area (Å²) >= 11 is 0. The molecule has 0 spiro atoms. The molecule has 0 aliphatic rings. The Morgan fingerprint density at radius 1 is 1.63 bits per heavy atom. The van der Waals surface area contributed by atoms with Crippen molar-refractivity contribution in [3.63, 3.8) is 0 Å². The van der Waals surface area contributed by atoms with Gasteiger partial charge in [0.05, 0.1) is 11.9 Å². The highest BCUT2D eigenvalue weighted by Gasteiger charge is 2.10. The number of hydrazine groups is 1. The molecule has 0 radical (unpaired) electrons. The van der Waals surface area contributed by atoms with Crippen LogP contribution in [0.5, 0.6) is 5.88 Å². The summed E-state index contributed by atoms with van der Waals surface area (Å²) in [4.78, 5) is 3.90. The number of allylic oxidation sites excluding steroid dienone is 3. The quantitative estimate of drug-likeness (QED) is 0.273. The van der Waals surface area contributed by atoms with E-state index in [1.54, 1.807) is 6.92 Å². The van der Waals surface area contributed by atoms with Gasteiger partial charge in [-0.1, -0.05) is 19.2 Å². The molecule has 0 bridgehead atoms. The number of nitrogen functional groups attached to an aromatic ring is 1. The highest BCUT2D eigenvalue weighted by atomic mass is 19.1. The molecule has 19 heavy (non-hydrogen) atoms. The van der Waals surface area contributed by atoms with Crippen LogP contribution in [0.15, 0.2) is 49.2 Å². The maximum Gasteiger partial charge on any atom is 0.219 e. The van der Waals surface area contributed by atoms with E-state index in [9.17, 15) is 8.78 Å². The Morgan fingerprint density at radius 3 is 2.79 bits per heavy atom. The number of alkyl halides is 1. The average Bonchev–Trinajstić information content (AvgIpc) is 2.37. The minimum atomic E-state index is -1.53. The molecular formula is C13H15F2N3O. The van der Waals surface area contributed by atoms with E-state index in [4.69, 9.17) is 10.6 Å². The van der Waals surface area contributed by atoms with E-state index in [0.717, 1.165) is 17.7 Å². The molecule has 0 fully saturated rings. The van der Waals surface area contributed by atoms with Gasteiger partial charge in [-0.05, 0) is 18.6 Å². The van der Waals surface area contributed by atoms with Gasteiger partial charge in [-0.25, -0.2) is 13.8 Å². The average molecular weight is 267 g/mol.